The highest BCUT2D eigenvalue weighted by Gasteiger charge is 2.39. The molecular formula is C38H46N2O7. The smallest absolute Gasteiger partial charge is 0.407 e. The highest BCUT2D eigenvalue weighted by atomic mass is 16.7. The van der Waals surface area contributed by atoms with Crippen LogP contribution in [0.2, 0.25) is 0 Å². The monoisotopic (exact) mass is 642 g/mol. The fourth-order valence-corrected chi connectivity index (χ4v) is 6.10. The summed E-state index contributed by atoms with van der Waals surface area (Å²) in [4.78, 5) is 27.2. The van der Waals surface area contributed by atoms with Crippen LogP contribution in [0.4, 0.5) is 4.79 Å². The minimum Gasteiger partial charge on any atom is -0.459 e. The largest absolute Gasteiger partial charge is 0.459 e. The Morgan fingerprint density at radius 1 is 1.02 bits per heavy atom. The van der Waals surface area contributed by atoms with Crippen molar-refractivity contribution in [3.8, 4) is 11.1 Å². The summed E-state index contributed by atoms with van der Waals surface area (Å²) in [6.07, 6.45) is 2.30. The molecule has 0 unspecified atom stereocenters. The Kier molecular flexibility index (Phi) is 11.5. The van der Waals surface area contributed by atoms with E-state index in [1.165, 1.54) is 6.08 Å². The van der Waals surface area contributed by atoms with Crippen LogP contribution in [0.3, 0.4) is 0 Å². The Morgan fingerprint density at radius 3 is 2.45 bits per heavy atom. The summed E-state index contributed by atoms with van der Waals surface area (Å²) in [5, 5.41) is 12.4. The van der Waals surface area contributed by atoms with Gasteiger partial charge in [-0.25, -0.2) is 4.79 Å². The van der Waals surface area contributed by atoms with Gasteiger partial charge in [0.2, 0.25) is 0 Å². The van der Waals surface area contributed by atoms with Crippen molar-refractivity contribution in [3.05, 3.63) is 108 Å². The third-order valence-electron chi connectivity index (χ3n) is 8.36. The van der Waals surface area contributed by atoms with Crippen LogP contribution < -0.4 is 5.32 Å². The van der Waals surface area contributed by atoms with Crippen LogP contribution in [0.5, 0.6) is 0 Å². The van der Waals surface area contributed by atoms with Crippen LogP contribution >= 0.6 is 0 Å². The van der Waals surface area contributed by atoms with Gasteiger partial charge < -0.3 is 29.4 Å². The Morgan fingerprint density at radius 2 is 1.74 bits per heavy atom. The van der Waals surface area contributed by atoms with E-state index >= 15 is 0 Å². The molecular weight excluding hydrogens is 596 g/mol. The van der Waals surface area contributed by atoms with Gasteiger partial charge in [0.15, 0.2) is 6.29 Å². The number of aliphatic hydroxyl groups is 1. The summed E-state index contributed by atoms with van der Waals surface area (Å²) in [6.45, 7) is 11.1. The molecule has 9 nitrogen and oxygen atoms in total. The number of aliphatic hydroxyl groups excluding tert-OH is 1. The van der Waals surface area contributed by atoms with E-state index in [-0.39, 0.29) is 37.4 Å². The van der Waals surface area contributed by atoms with Gasteiger partial charge in [0.1, 0.15) is 18.2 Å². The zero-order valence-corrected chi connectivity index (χ0v) is 27.5. The summed E-state index contributed by atoms with van der Waals surface area (Å²) in [5.41, 5.74) is 5.13. The number of likely N-dealkylation sites (tertiary alicyclic amines) is 1. The molecule has 2 N–H and O–H groups in total. The Hall–Kier alpha value is -4.02. The van der Waals surface area contributed by atoms with Crippen LogP contribution in [0.25, 0.3) is 11.1 Å². The molecule has 0 bridgehead atoms. The molecule has 1 amide bonds. The molecule has 3 aromatic rings. The van der Waals surface area contributed by atoms with Gasteiger partial charge >= 0.3 is 12.1 Å². The number of nitrogens with zero attached hydrogens (tertiary/aromatic N) is 1. The van der Waals surface area contributed by atoms with Crippen molar-refractivity contribution in [2.45, 2.75) is 83.3 Å². The Balaban J connectivity index is 1.34. The van der Waals surface area contributed by atoms with Gasteiger partial charge in [-0.2, -0.15) is 0 Å². The average Bonchev–Trinajstić information content (AvgIpc) is 3.54. The SMILES string of the molecule is C=CCOC(=O)NCc1ccccc1-c1ccc([C@H]2O[C@@H](CN3CCC[C@H]3C(=O)OC(C)(C)C)C[C@@H](c3ccc(CO)cc3)O2)cc1. The van der Waals surface area contributed by atoms with Gasteiger partial charge in [0, 0.05) is 25.1 Å². The van der Waals surface area contributed by atoms with Crippen molar-refractivity contribution < 1.29 is 33.6 Å². The fourth-order valence-electron chi connectivity index (χ4n) is 6.10. The van der Waals surface area contributed by atoms with Crippen LogP contribution in [-0.2, 0) is 36.9 Å². The lowest BCUT2D eigenvalue weighted by molar-refractivity contribution is -0.253. The second-order valence-electron chi connectivity index (χ2n) is 13.1. The van der Waals surface area contributed by atoms with Crippen molar-refractivity contribution in [2.24, 2.45) is 0 Å². The topological polar surface area (TPSA) is 107 Å². The van der Waals surface area contributed by atoms with Crippen LogP contribution in [-0.4, -0.2) is 59.5 Å². The minimum absolute atomic E-state index is 0.0217. The molecule has 0 aromatic heterocycles. The fraction of sp³-hybridized carbons (Fsp3) is 0.421. The lowest BCUT2D eigenvalue weighted by Crippen LogP contribution is -2.45. The van der Waals surface area contributed by atoms with Crippen molar-refractivity contribution in [3.63, 3.8) is 0 Å². The molecule has 2 aliphatic rings. The first-order valence-electron chi connectivity index (χ1n) is 16.3. The van der Waals surface area contributed by atoms with E-state index in [2.05, 4.69) is 16.8 Å². The number of alkyl carbamates (subject to hydrolysis) is 1. The van der Waals surface area contributed by atoms with Crippen molar-refractivity contribution in [1.29, 1.82) is 0 Å². The first kappa shape index (κ1) is 34.3. The number of ether oxygens (including phenoxy) is 4. The van der Waals surface area contributed by atoms with E-state index in [9.17, 15) is 14.7 Å². The van der Waals surface area contributed by atoms with Gasteiger partial charge in [-0.15, -0.1) is 0 Å². The van der Waals surface area contributed by atoms with Crippen LogP contribution in [0, 0.1) is 0 Å². The minimum atomic E-state index is -0.621. The molecule has 2 saturated heterocycles. The molecule has 4 atom stereocenters. The first-order chi connectivity index (χ1) is 22.6. The Labute approximate surface area is 277 Å². The highest BCUT2D eigenvalue weighted by molar-refractivity contribution is 5.76. The molecule has 2 heterocycles. The van der Waals surface area contributed by atoms with Gasteiger partial charge in [-0.1, -0.05) is 85.5 Å². The maximum atomic E-state index is 13.1. The number of amides is 1. The van der Waals surface area contributed by atoms with E-state index in [4.69, 9.17) is 18.9 Å². The summed E-state index contributed by atoms with van der Waals surface area (Å²) >= 11 is 0. The number of benzene rings is 3. The molecule has 3 aromatic carbocycles. The summed E-state index contributed by atoms with van der Waals surface area (Å²) in [7, 11) is 0. The second kappa shape index (κ2) is 15.7. The number of rotatable bonds is 11. The molecule has 2 aliphatic heterocycles. The molecule has 0 radical (unpaired) electrons. The number of esters is 1. The predicted octanol–water partition coefficient (Wildman–Crippen LogP) is 6.61. The molecule has 0 spiro atoms. The van der Waals surface area contributed by atoms with Gasteiger partial charge in [0.25, 0.3) is 0 Å². The molecule has 5 rings (SSSR count). The van der Waals surface area contributed by atoms with Crippen LogP contribution in [0.15, 0.2) is 85.5 Å². The van der Waals surface area contributed by atoms with E-state index in [1.807, 2.05) is 93.6 Å². The van der Waals surface area contributed by atoms with Crippen LogP contribution in [0.1, 0.15) is 74.7 Å². The zero-order chi connectivity index (χ0) is 33.4. The third kappa shape index (κ3) is 9.29. The standard InChI is InChI=1S/C38H46N2O7/c1-5-21-44-37(43)39-23-30-9-6-7-10-32(30)27-16-18-29(19-17-27)36-45-31(22-34(46-36)28-14-12-26(25-41)13-15-28)24-40-20-8-11-33(40)35(42)47-38(2,3)4/h5-7,9-10,12-19,31,33-34,36,41H,1,8,11,20-25H2,2-4H3,(H,39,43)/t31-,33+,34+,36+/m1/s1. The molecule has 47 heavy (non-hydrogen) atoms. The maximum absolute atomic E-state index is 13.1. The molecule has 9 heteroatoms. The maximum Gasteiger partial charge on any atom is 0.407 e. The zero-order valence-electron chi connectivity index (χ0n) is 27.5. The first-order valence-corrected chi connectivity index (χ1v) is 16.3. The second-order valence-corrected chi connectivity index (χ2v) is 13.1. The normalized spacial score (nSPS) is 21.6. The lowest BCUT2D eigenvalue weighted by atomic mass is 9.97. The molecule has 0 saturated carbocycles. The van der Waals surface area contributed by atoms with Crippen molar-refractivity contribution in [1.82, 2.24) is 10.2 Å². The average molecular weight is 643 g/mol. The number of nitrogens with one attached hydrogen (secondary N) is 1. The molecule has 2 fully saturated rings. The number of carbonyl (C=O) groups excluding carboxylic acids is 2. The van der Waals surface area contributed by atoms with Gasteiger partial charge in [-0.3, -0.25) is 9.69 Å². The lowest BCUT2D eigenvalue weighted by Gasteiger charge is -2.38. The predicted molar refractivity (Wildman–Crippen MR) is 179 cm³/mol. The van der Waals surface area contributed by atoms with E-state index in [0.717, 1.165) is 52.8 Å². The summed E-state index contributed by atoms with van der Waals surface area (Å²) in [5.74, 6) is -0.186. The van der Waals surface area contributed by atoms with Gasteiger partial charge in [0.05, 0.1) is 18.8 Å². The number of carbonyl (C=O) groups is 2. The number of hydrogen-bond acceptors (Lipinski definition) is 8. The summed E-state index contributed by atoms with van der Waals surface area (Å²) < 4.78 is 24.0. The van der Waals surface area contributed by atoms with E-state index in [1.54, 1.807) is 0 Å². The van der Waals surface area contributed by atoms with Crippen molar-refractivity contribution in [2.75, 3.05) is 19.7 Å². The third-order valence-corrected chi connectivity index (χ3v) is 8.36. The number of hydrogen-bond donors (Lipinski definition) is 2. The molecule has 250 valence electrons. The van der Waals surface area contributed by atoms with Gasteiger partial charge in [-0.05, 0) is 68.0 Å². The molecule has 0 aliphatic carbocycles. The van der Waals surface area contributed by atoms with Crippen molar-refractivity contribution >= 4 is 12.1 Å². The highest BCUT2D eigenvalue weighted by Crippen LogP contribution is 2.39. The quantitative estimate of drug-likeness (QED) is 0.178. The summed E-state index contributed by atoms with van der Waals surface area (Å²) in [6, 6.07) is 23.5. The van der Waals surface area contributed by atoms with E-state index < -0.39 is 18.0 Å². The van der Waals surface area contributed by atoms with E-state index in [0.29, 0.717) is 19.5 Å². The Bertz CT molecular complexity index is 1500.